The minimum Gasteiger partial charge on any atom is -0.389 e. The van der Waals surface area contributed by atoms with Crippen LogP contribution in [0, 0.1) is 0 Å². The molecule has 0 unspecified atom stereocenters. The summed E-state index contributed by atoms with van der Waals surface area (Å²) in [5, 5.41) is 10.8. The highest BCUT2D eigenvalue weighted by molar-refractivity contribution is 6.33. The molecule has 0 aliphatic carbocycles. The van der Waals surface area contributed by atoms with Gasteiger partial charge in [-0.1, -0.05) is 54.1 Å². The number of halogens is 1. The number of ether oxygens (including phenoxy) is 1. The van der Waals surface area contributed by atoms with Gasteiger partial charge in [-0.3, -0.25) is 9.69 Å². The van der Waals surface area contributed by atoms with Gasteiger partial charge in [0.15, 0.2) is 0 Å². The predicted octanol–water partition coefficient (Wildman–Crippen LogP) is 3.07. The number of aliphatic hydroxyl groups excluding tert-OH is 1. The van der Waals surface area contributed by atoms with Gasteiger partial charge in [0.2, 0.25) is 0 Å². The van der Waals surface area contributed by atoms with Crippen LogP contribution in [-0.4, -0.2) is 66.2 Å². The quantitative estimate of drug-likeness (QED) is 0.773. The lowest BCUT2D eigenvalue weighted by Crippen LogP contribution is -2.38. The zero-order chi connectivity index (χ0) is 19.8. The fourth-order valence-corrected chi connectivity index (χ4v) is 3.62. The first kappa shape index (κ1) is 20.8. The van der Waals surface area contributed by atoms with Crippen molar-refractivity contribution in [3.05, 3.63) is 70.7 Å². The van der Waals surface area contributed by atoms with Crippen LogP contribution >= 0.6 is 11.6 Å². The molecule has 1 heterocycles. The molecule has 1 amide bonds. The van der Waals surface area contributed by atoms with Gasteiger partial charge in [0.05, 0.1) is 29.9 Å². The summed E-state index contributed by atoms with van der Waals surface area (Å²) in [6, 6.07) is 17.1. The summed E-state index contributed by atoms with van der Waals surface area (Å²) in [4.78, 5) is 16.8. The van der Waals surface area contributed by atoms with Gasteiger partial charge in [0, 0.05) is 26.2 Å². The molecule has 150 valence electrons. The lowest BCUT2D eigenvalue weighted by molar-refractivity contribution is 0.0105. The molecule has 1 atom stereocenters. The van der Waals surface area contributed by atoms with Crippen molar-refractivity contribution in [2.24, 2.45) is 0 Å². The van der Waals surface area contributed by atoms with Crippen LogP contribution in [0.1, 0.15) is 22.3 Å². The smallest absolute Gasteiger partial charge is 0.255 e. The van der Waals surface area contributed by atoms with E-state index in [4.69, 9.17) is 16.3 Å². The summed E-state index contributed by atoms with van der Waals surface area (Å²) in [6.07, 6.45) is 0.322. The molecule has 1 aliphatic rings. The van der Waals surface area contributed by atoms with Gasteiger partial charge in [0.1, 0.15) is 0 Å². The molecule has 1 fully saturated rings. The van der Waals surface area contributed by atoms with Crippen molar-refractivity contribution in [3.63, 3.8) is 0 Å². The van der Waals surface area contributed by atoms with E-state index in [1.807, 2.05) is 47.4 Å². The van der Waals surface area contributed by atoms with Crippen LogP contribution in [-0.2, 0) is 11.3 Å². The van der Waals surface area contributed by atoms with Crippen LogP contribution < -0.4 is 0 Å². The highest BCUT2D eigenvalue weighted by Gasteiger charge is 2.22. The first-order chi connectivity index (χ1) is 13.6. The number of benzene rings is 2. The van der Waals surface area contributed by atoms with E-state index in [-0.39, 0.29) is 5.91 Å². The molecule has 0 saturated carbocycles. The van der Waals surface area contributed by atoms with Crippen LogP contribution in [0.5, 0.6) is 0 Å². The van der Waals surface area contributed by atoms with E-state index in [9.17, 15) is 9.90 Å². The summed E-state index contributed by atoms with van der Waals surface area (Å²) in [5.41, 5.74) is 1.64. The van der Waals surface area contributed by atoms with Crippen molar-refractivity contribution in [1.82, 2.24) is 9.80 Å². The Kier molecular flexibility index (Phi) is 7.86. The highest BCUT2D eigenvalue weighted by Crippen LogP contribution is 2.18. The van der Waals surface area contributed by atoms with E-state index >= 15 is 0 Å². The molecular formula is C22H27ClN2O3. The molecule has 1 saturated heterocycles. The van der Waals surface area contributed by atoms with Gasteiger partial charge in [-0.15, -0.1) is 0 Å². The fourth-order valence-electron chi connectivity index (χ4n) is 3.40. The first-order valence-corrected chi connectivity index (χ1v) is 10.1. The highest BCUT2D eigenvalue weighted by atomic mass is 35.5. The number of aliphatic hydroxyl groups is 1. The van der Waals surface area contributed by atoms with Crippen molar-refractivity contribution in [2.75, 3.05) is 39.3 Å². The third-order valence-electron chi connectivity index (χ3n) is 4.87. The second-order valence-electron chi connectivity index (χ2n) is 7.08. The Bertz CT molecular complexity index is 756. The van der Waals surface area contributed by atoms with Crippen molar-refractivity contribution >= 4 is 17.5 Å². The van der Waals surface area contributed by atoms with E-state index in [0.29, 0.717) is 43.4 Å². The molecule has 3 rings (SSSR count). The number of carbonyl (C=O) groups is 1. The molecular weight excluding hydrogens is 376 g/mol. The molecule has 0 bridgehead atoms. The first-order valence-electron chi connectivity index (χ1n) is 9.69. The molecule has 2 aromatic carbocycles. The maximum atomic E-state index is 12.7. The molecule has 6 heteroatoms. The maximum Gasteiger partial charge on any atom is 0.255 e. The van der Waals surface area contributed by atoms with Crippen molar-refractivity contribution in [2.45, 2.75) is 19.1 Å². The second-order valence-corrected chi connectivity index (χ2v) is 7.49. The van der Waals surface area contributed by atoms with Crippen LogP contribution in [0.25, 0.3) is 0 Å². The molecule has 0 radical (unpaired) electrons. The van der Waals surface area contributed by atoms with Gasteiger partial charge in [0.25, 0.3) is 5.91 Å². The minimum absolute atomic E-state index is 0.0285. The molecule has 0 aromatic heterocycles. The maximum absolute atomic E-state index is 12.7. The van der Waals surface area contributed by atoms with Crippen molar-refractivity contribution in [3.8, 4) is 0 Å². The Morgan fingerprint density at radius 1 is 1.04 bits per heavy atom. The zero-order valence-corrected chi connectivity index (χ0v) is 16.7. The summed E-state index contributed by atoms with van der Waals surface area (Å²) in [7, 11) is 0. The normalized spacial score (nSPS) is 16.6. The van der Waals surface area contributed by atoms with E-state index < -0.39 is 6.10 Å². The Labute approximate surface area is 171 Å². The topological polar surface area (TPSA) is 53.0 Å². The van der Waals surface area contributed by atoms with Crippen LogP contribution in [0.4, 0.5) is 0 Å². The monoisotopic (exact) mass is 402 g/mol. The van der Waals surface area contributed by atoms with E-state index in [0.717, 1.165) is 25.1 Å². The molecule has 1 aliphatic heterocycles. The minimum atomic E-state index is -0.547. The Hall–Kier alpha value is -1.92. The number of nitrogens with zero attached hydrogens (tertiary/aromatic N) is 2. The van der Waals surface area contributed by atoms with Gasteiger partial charge in [-0.25, -0.2) is 0 Å². The van der Waals surface area contributed by atoms with Gasteiger partial charge >= 0.3 is 0 Å². The average Bonchev–Trinajstić information content (AvgIpc) is 2.94. The van der Waals surface area contributed by atoms with E-state index in [2.05, 4.69) is 4.90 Å². The summed E-state index contributed by atoms with van der Waals surface area (Å²) >= 11 is 6.16. The lowest BCUT2D eigenvalue weighted by atomic mass is 10.2. The third-order valence-corrected chi connectivity index (χ3v) is 5.20. The van der Waals surface area contributed by atoms with Crippen molar-refractivity contribution in [1.29, 1.82) is 0 Å². The third kappa shape index (κ3) is 6.04. The standard InChI is InChI=1S/C22H27ClN2O3/c23-21-10-5-4-9-20(21)22(27)25-12-6-11-24(13-14-25)15-19(26)17-28-16-18-7-2-1-3-8-18/h1-5,7-10,19,26H,6,11-17H2/t19-/m1/s1. The number of β-amino-alcohol motifs (C(OH)–C–C–N with tert-alkyl or cyclic N) is 1. The largest absolute Gasteiger partial charge is 0.389 e. The molecule has 28 heavy (non-hydrogen) atoms. The van der Waals surface area contributed by atoms with Crippen LogP contribution in [0.15, 0.2) is 54.6 Å². The Morgan fingerprint density at radius 2 is 1.79 bits per heavy atom. The van der Waals surface area contributed by atoms with Gasteiger partial charge in [-0.05, 0) is 30.7 Å². The summed E-state index contributed by atoms with van der Waals surface area (Å²) < 4.78 is 5.63. The zero-order valence-electron chi connectivity index (χ0n) is 16.0. The molecule has 0 spiro atoms. The average molecular weight is 403 g/mol. The van der Waals surface area contributed by atoms with Gasteiger partial charge < -0.3 is 14.7 Å². The Morgan fingerprint density at radius 3 is 2.57 bits per heavy atom. The molecule has 1 N–H and O–H groups in total. The predicted molar refractivity (Wildman–Crippen MR) is 111 cm³/mol. The number of hydrogen-bond donors (Lipinski definition) is 1. The molecule has 5 nitrogen and oxygen atoms in total. The second kappa shape index (κ2) is 10.6. The van der Waals surface area contributed by atoms with Crippen LogP contribution in [0.3, 0.4) is 0 Å². The van der Waals surface area contributed by atoms with Gasteiger partial charge in [-0.2, -0.15) is 0 Å². The number of hydrogen-bond acceptors (Lipinski definition) is 4. The van der Waals surface area contributed by atoms with E-state index in [1.54, 1.807) is 12.1 Å². The number of carbonyl (C=O) groups excluding carboxylic acids is 1. The lowest BCUT2D eigenvalue weighted by Gasteiger charge is -2.24. The van der Waals surface area contributed by atoms with E-state index in [1.165, 1.54) is 0 Å². The SMILES string of the molecule is O=C(c1ccccc1Cl)N1CCCN(C[C@@H](O)COCc2ccccc2)CC1. The van der Waals surface area contributed by atoms with Crippen LogP contribution in [0.2, 0.25) is 5.02 Å². The number of amides is 1. The summed E-state index contributed by atoms with van der Waals surface area (Å²) in [6.45, 7) is 4.24. The fraction of sp³-hybridized carbons (Fsp3) is 0.409. The van der Waals surface area contributed by atoms with Crippen molar-refractivity contribution < 1.29 is 14.6 Å². The number of rotatable bonds is 7. The molecule has 2 aromatic rings. The Balaban J connectivity index is 1.43. The summed E-state index contributed by atoms with van der Waals surface area (Å²) in [5.74, 6) is -0.0285.